The second kappa shape index (κ2) is 9.30. The minimum absolute atomic E-state index is 0.140. The lowest BCUT2D eigenvalue weighted by Crippen LogP contribution is -2.41. The summed E-state index contributed by atoms with van der Waals surface area (Å²) in [5, 5.41) is 5.83. The molecule has 0 aliphatic carbocycles. The Bertz CT molecular complexity index is 787. The lowest BCUT2D eigenvalue weighted by molar-refractivity contribution is 0.0383. The van der Waals surface area contributed by atoms with E-state index in [0.717, 1.165) is 38.4 Å². The van der Waals surface area contributed by atoms with Crippen LogP contribution in [0.2, 0.25) is 0 Å². The number of carbonyl (C=O) groups is 2. The topological polar surface area (TPSA) is 70.7 Å². The number of hydrogen-bond donors (Lipinski definition) is 2. The Morgan fingerprint density at radius 3 is 2.48 bits per heavy atom. The molecule has 3 rings (SSSR count). The van der Waals surface area contributed by atoms with Gasteiger partial charge >= 0.3 is 0 Å². The van der Waals surface area contributed by atoms with E-state index in [9.17, 15) is 9.59 Å². The Balaban J connectivity index is 1.58. The summed E-state index contributed by atoms with van der Waals surface area (Å²) < 4.78 is 5.32. The Labute approximate surface area is 159 Å². The molecule has 2 amide bonds. The number of rotatable bonds is 6. The molecule has 1 fully saturated rings. The molecule has 0 aromatic heterocycles. The molecule has 1 saturated heterocycles. The zero-order valence-electron chi connectivity index (χ0n) is 15.5. The number of aryl methyl sites for hydroxylation is 1. The molecule has 142 valence electrons. The van der Waals surface area contributed by atoms with Crippen LogP contribution >= 0.6 is 0 Å². The summed E-state index contributed by atoms with van der Waals surface area (Å²) in [5.74, 6) is -0.331. The van der Waals surface area contributed by atoms with Crippen LogP contribution in [0, 0.1) is 6.92 Å². The fraction of sp³-hybridized carbons (Fsp3) is 0.333. The molecule has 0 unspecified atom stereocenters. The highest BCUT2D eigenvalue weighted by Crippen LogP contribution is 2.18. The second-order valence-corrected chi connectivity index (χ2v) is 6.56. The first-order valence-electron chi connectivity index (χ1n) is 9.19. The van der Waals surface area contributed by atoms with Gasteiger partial charge in [0.15, 0.2) is 0 Å². The molecule has 0 atom stereocenters. The van der Waals surface area contributed by atoms with Crippen molar-refractivity contribution in [2.75, 3.05) is 44.7 Å². The SMILES string of the molecule is Cc1ccc(C(=O)NCCN2CCOCC2)cc1NC(=O)c1ccccc1. The lowest BCUT2D eigenvalue weighted by Gasteiger charge is -2.26. The van der Waals surface area contributed by atoms with E-state index in [1.54, 1.807) is 24.3 Å². The van der Waals surface area contributed by atoms with Gasteiger partial charge in [-0.1, -0.05) is 24.3 Å². The van der Waals surface area contributed by atoms with Gasteiger partial charge in [-0.05, 0) is 36.8 Å². The van der Waals surface area contributed by atoms with Gasteiger partial charge in [-0.3, -0.25) is 14.5 Å². The highest BCUT2D eigenvalue weighted by molar-refractivity contribution is 6.05. The van der Waals surface area contributed by atoms with Gasteiger partial charge in [0.1, 0.15) is 0 Å². The molecular weight excluding hydrogens is 342 g/mol. The van der Waals surface area contributed by atoms with Gasteiger partial charge < -0.3 is 15.4 Å². The van der Waals surface area contributed by atoms with Crippen molar-refractivity contribution in [3.05, 3.63) is 65.2 Å². The van der Waals surface area contributed by atoms with Gasteiger partial charge in [-0.15, -0.1) is 0 Å². The van der Waals surface area contributed by atoms with Crippen molar-refractivity contribution in [2.45, 2.75) is 6.92 Å². The van der Waals surface area contributed by atoms with Crippen LogP contribution in [-0.2, 0) is 4.74 Å². The van der Waals surface area contributed by atoms with Crippen molar-refractivity contribution in [1.29, 1.82) is 0 Å². The molecule has 0 saturated carbocycles. The van der Waals surface area contributed by atoms with Crippen molar-refractivity contribution in [3.63, 3.8) is 0 Å². The average Bonchev–Trinajstić information content (AvgIpc) is 2.71. The first-order chi connectivity index (χ1) is 13.1. The monoisotopic (exact) mass is 367 g/mol. The molecule has 1 aliphatic rings. The van der Waals surface area contributed by atoms with Crippen LogP contribution in [0.3, 0.4) is 0 Å². The maximum atomic E-state index is 12.4. The average molecular weight is 367 g/mol. The van der Waals surface area contributed by atoms with E-state index >= 15 is 0 Å². The molecule has 2 aromatic rings. The molecule has 0 bridgehead atoms. The van der Waals surface area contributed by atoms with Crippen LogP contribution < -0.4 is 10.6 Å². The number of morpholine rings is 1. The van der Waals surface area contributed by atoms with Crippen LogP contribution in [0.5, 0.6) is 0 Å². The minimum Gasteiger partial charge on any atom is -0.379 e. The van der Waals surface area contributed by atoms with Crippen molar-refractivity contribution >= 4 is 17.5 Å². The maximum Gasteiger partial charge on any atom is 0.255 e. The molecule has 2 aromatic carbocycles. The zero-order valence-corrected chi connectivity index (χ0v) is 15.5. The largest absolute Gasteiger partial charge is 0.379 e. The minimum atomic E-state index is -0.191. The number of nitrogens with zero attached hydrogens (tertiary/aromatic N) is 1. The van der Waals surface area contributed by atoms with E-state index in [2.05, 4.69) is 15.5 Å². The third-order valence-electron chi connectivity index (χ3n) is 4.60. The second-order valence-electron chi connectivity index (χ2n) is 6.56. The molecule has 6 nitrogen and oxygen atoms in total. The van der Waals surface area contributed by atoms with E-state index < -0.39 is 0 Å². The number of nitrogens with one attached hydrogen (secondary N) is 2. The highest BCUT2D eigenvalue weighted by Gasteiger charge is 2.13. The van der Waals surface area contributed by atoms with E-state index in [1.807, 2.05) is 31.2 Å². The number of amides is 2. The van der Waals surface area contributed by atoms with Crippen LogP contribution in [0.15, 0.2) is 48.5 Å². The van der Waals surface area contributed by atoms with Crippen molar-refractivity contribution < 1.29 is 14.3 Å². The predicted octanol–water partition coefficient (Wildman–Crippen LogP) is 2.31. The van der Waals surface area contributed by atoms with Gasteiger partial charge in [0.2, 0.25) is 0 Å². The number of ether oxygens (including phenoxy) is 1. The molecular formula is C21H25N3O3. The summed E-state index contributed by atoms with van der Waals surface area (Å²) in [6.07, 6.45) is 0. The lowest BCUT2D eigenvalue weighted by atomic mass is 10.1. The van der Waals surface area contributed by atoms with Crippen LogP contribution in [0.1, 0.15) is 26.3 Å². The molecule has 2 N–H and O–H groups in total. The number of anilines is 1. The van der Waals surface area contributed by atoms with Gasteiger partial charge in [0.05, 0.1) is 13.2 Å². The molecule has 6 heteroatoms. The number of hydrogen-bond acceptors (Lipinski definition) is 4. The van der Waals surface area contributed by atoms with Gasteiger partial charge in [0.25, 0.3) is 11.8 Å². The zero-order chi connectivity index (χ0) is 19.1. The fourth-order valence-corrected chi connectivity index (χ4v) is 2.94. The maximum absolute atomic E-state index is 12.4. The molecule has 1 aliphatic heterocycles. The van der Waals surface area contributed by atoms with Crippen molar-refractivity contribution in [1.82, 2.24) is 10.2 Å². The first-order valence-corrected chi connectivity index (χ1v) is 9.19. The van der Waals surface area contributed by atoms with Crippen molar-refractivity contribution in [2.24, 2.45) is 0 Å². The summed E-state index contributed by atoms with van der Waals surface area (Å²) in [4.78, 5) is 27.1. The Kier molecular flexibility index (Phi) is 6.57. The fourth-order valence-electron chi connectivity index (χ4n) is 2.94. The summed E-state index contributed by atoms with van der Waals surface area (Å²) in [5.41, 5.74) is 2.66. The molecule has 1 heterocycles. The van der Waals surface area contributed by atoms with Crippen molar-refractivity contribution in [3.8, 4) is 0 Å². The summed E-state index contributed by atoms with van der Waals surface area (Å²) >= 11 is 0. The number of carbonyl (C=O) groups excluding carboxylic acids is 2. The standard InChI is InChI=1S/C21H25N3O3/c1-16-7-8-18(20(25)22-9-10-24-11-13-27-14-12-24)15-19(16)23-21(26)17-5-3-2-4-6-17/h2-8,15H,9-14H2,1H3,(H,22,25)(H,23,26). The summed E-state index contributed by atoms with van der Waals surface area (Å²) in [6.45, 7) is 6.58. The highest BCUT2D eigenvalue weighted by atomic mass is 16.5. The Morgan fingerprint density at radius 1 is 1.00 bits per heavy atom. The number of benzene rings is 2. The predicted molar refractivity (Wildman–Crippen MR) is 105 cm³/mol. The van der Waals surface area contributed by atoms with Crippen LogP contribution in [0.25, 0.3) is 0 Å². The quantitative estimate of drug-likeness (QED) is 0.822. The van der Waals surface area contributed by atoms with E-state index in [4.69, 9.17) is 4.74 Å². The normalized spacial score (nSPS) is 14.6. The molecule has 0 spiro atoms. The van der Waals surface area contributed by atoms with Gasteiger partial charge in [0, 0.05) is 43.0 Å². The smallest absolute Gasteiger partial charge is 0.255 e. The first kappa shape index (κ1) is 19.1. The third kappa shape index (κ3) is 5.39. The Hall–Kier alpha value is -2.70. The van der Waals surface area contributed by atoms with Crippen LogP contribution in [-0.4, -0.2) is 56.1 Å². The molecule has 0 radical (unpaired) electrons. The van der Waals surface area contributed by atoms with E-state index in [1.165, 1.54) is 0 Å². The van der Waals surface area contributed by atoms with Gasteiger partial charge in [-0.2, -0.15) is 0 Å². The van der Waals surface area contributed by atoms with E-state index in [0.29, 0.717) is 23.4 Å². The third-order valence-corrected chi connectivity index (χ3v) is 4.60. The van der Waals surface area contributed by atoms with Crippen LogP contribution in [0.4, 0.5) is 5.69 Å². The summed E-state index contributed by atoms with van der Waals surface area (Å²) in [6, 6.07) is 14.4. The Morgan fingerprint density at radius 2 is 1.74 bits per heavy atom. The van der Waals surface area contributed by atoms with E-state index in [-0.39, 0.29) is 11.8 Å². The summed E-state index contributed by atoms with van der Waals surface area (Å²) in [7, 11) is 0. The molecule has 27 heavy (non-hydrogen) atoms. The van der Waals surface area contributed by atoms with Gasteiger partial charge in [-0.25, -0.2) is 0 Å².